The minimum atomic E-state index is -0.229. The van der Waals surface area contributed by atoms with Crippen molar-refractivity contribution in [3.63, 3.8) is 0 Å². The van der Waals surface area contributed by atoms with Crippen LogP contribution in [0.25, 0.3) is 10.8 Å². The van der Waals surface area contributed by atoms with Gasteiger partial charge in [0.05, 0.1) is 0 Å². The Bertz CT molecular complexity index is 1090. The summed E-state index contributed by atoms with van der Waals surface area (Å²) in [5.41, 5.74) is 4.56. The first kappa shape index (κ1) is 16.8. The minimum Gasteiger partial charge on any atom is -0.274 e. The molecule has 3 aromatic rings. The van der Waals surface area contributed by atoms with Gasteiger partial charge in [0.15, 0.2) is 0 Å². The van der Waals surface area contributed by atoms with Crippen LogP contribution in [0.1, 0.15) is 37.4 Å². The van der Waals surface area contributed by atoms with Crippen molar-refractivity contribution in [2.45, 2.75) is 19.3 Å². The molecular formula is C22H15Cl2NO2. The number of aryl methyl sites for hydroxylation is 2. The molecule has 0 radical (unpaired) electrons. The second kappa shape index (κ2) is 6.08. The quantitative estimate of drug-likeness (QED) is 0.579. The highest BCUT2D eigenvalue weighted by molar-refractivity contribution is 6.35. The van der Waals surface area contributed by atoms with E-state index in [1.54, 1.807) is 12.1 Å². The SMILES string of the molecule is O=C1c2ccc3c4c(ccc(c24)C(=O)N1CCc1ccc(Cl)cc1Cl)CC3. The van der Waals surface area contributed by atoms with E-state index in [0.29, 0.717) is 27.6 Å². The van der Waals surface area contributed by atoms with E-state index < -0.39 is 0 Å². The molecule has 0 saturated heterocycles. The number of nitrogens with zero attached hydrogens (tertiary/aromatic N) is 1. The number of carbonyl (C=O) groups excluding carboxylic acids is 2. The largest absolute Gasteiger partial charge is 0.274 e. The van der Waals surface area contributed by atoms with Gasteiger partial charge in [0, 0.05) is 33.1 Å². The summed E-state index contributed by atoms with van der Waals surface area (Å²) in [6.45, 7) is 0.281. The number of hydrogen-bond donors (Lipinski definition) is 0. The zero-order valence-corrected chi connectivity index (χ0v) is 15.9. The van der Waals surface area contributed by atoms with E-state index in [9.17, 15) is 9.59 Å². The molecule has 2 amide bonds. The van der Waals surface area contributed by atoms with Crippen LogP contribution >= 0.6 is 23.2 Å². The predicted molar refractivity (Wildman–Crippen MR) is 107 cm³/mol. The fourth-order valence-corrected chi connectivity index (χ4v) is 4.73. The second-order valence-corrected chi connectivity index (χ2v) is 7.89. The summed E-state index contributed by atoms with van der Waals surface area (Å²) in [5, 5.41) is 3.04. The van der Waals surface area contributed by atoms with Gasteiger partial charge in [-0.1, -0.05) is 41.4 Å². The zero-order chi connectivity index (χ0) is 18.7. The van der Waals surface area contributed by atoms with Crippen molar-refractivity contribution in [2.24, 2.45) is 0 Å². The molecule has 1 aliphatic carbocycles. The Morgan fingerprint density at radius 2 is 1.44 bits per heavy atom. The average molecular weight is 396 g/mol. The average Bonchev–Trinajstić information content (AvgIpc) is 3.08. The standard InChI is InChI=1S/C22H15Cl2NO2/c23-15-6-3-12(18(24)11-15)9-10-25-21(26)16-7-4-13-1-2-14-5-8-17(22(25)27)20(16)19(13)14/h3-8,11H,1-2,9-10H2. The van der Waals surface area contributed by atoms with Crippen LogP contribution in [-0.2, 0) is 19.3 Å². The van der Waals surface area contributed by atoms with Gasteiger partial charge in [-0.2, -0.15) is 0 Å². The van der Waals surface area contributed by atoms with Crippen LogP contribution in [0.3, 0.4) is 0 Å². The Kier molecular flexibility index (Phi) is 3.78. The van der Waals surface area contributed by atoms with Gasteiger partial charge in [-0.3, -0.25) is 14.5 Å². The Balaban J connectivity index is 1.53. The van der Waals surface area contributed by atoms with Crippen molar-refractivity contribution in [1.82, 2.24) is 4.90 Å². The van der Waals surface area contributed by atoms with Crippen LogP contribution in [0.5, 0.6) is 0 Å². The van der Waals surface area contributed by atoms with Gasteiger partial charge in [-0.05, 0) is 65.6 Å². The van der Waals surface area contributed by atoms with Crippen molar-refractivity contribution in [3.05, 3.63) is 80.3 Å². The number of hydrogen-bond acceptors (Lipinski definition) is 2. The van der Waals surface area contributed by atoms with Crippen LogP contribution in [0.4, 0.5) is 0 Å². The molecule has 27 heavy (non-hydrogen) atoms. The molecule has 2 aliphatic rings. The summed E-state index contributed by atoms with van der Waals surface area (Å²) >= 11 is 12.2. The third-order valence-electron chi connectivity index (χ3n) is 5.57. The van der Waals surface area contributed by atoms with Gasteiger partial charge in [0.25, 0.3) is 11.8 Å². The highest BCUT2D eigenvalue weighted by Gasteiger charge is 2.34. The highest BCUT2D eigenvalue weighted by Crippen LogP contribution is 2.38. The van der Waals surface area contributed by atoms with Crippen molar-refractivity contribution < 1.29 is 9.59 Å². The lowest BCUT2D eigenvalue weighted by molar-refractivity contribution is 0.0612. The molecular weight excluding hydrogens is 381 g/mol. The van der Waals surface area contributed by atoms with Gasteiger partial charge in [0.1, 0.15) is 0 Å². The summed E-state index contributed by atoms with van der Waals surface area (Å²) in [6, 6.07) is 13.1. The lowest BCUT2D eigenvalue weighted by atomic mass is 9.91. The van der Waals surface area contributed by atoms with Crippen LogP contribution in [0, 0.1) is 0 Å². The summed E-state index contributed by atoms with van der Waals surface area (Å²) in [7, 11) is 0. The first-order chi connectivity index (χ1) is 13.0. The fraction of sp³-hybridized carbons (Fsp3) is 0.182. The third-order valence-corrected chi connectivity index (χ3v) is 6.15. The number of halogens is 2. The maximum Gasteiger partial charge on any atom is 0.261 e. The summed E-state index contributed by atoms with van der Waals surface area (Å²) in [5.74, 6) is -0.457. The number of rotatable bonds is 3. The van der Waals surface area contributed by atoms with Gasteiger partial charge >= 0.3 is 0 Å². The van der Waals surface area contributed by atoms with E-state index in [4.69, 9.17) is 23.2 Å². The van der Waals surface area contributed by atoms with Crippen LogP contribution in [0.2, 0.25) is 10.0 Å². The van der Waals surface area contributed by atoms with E-state index in [0.717, 1.165) is 29.2 Å². The monoisotopic (exact) mass is 395 g/mol. The molecule has 0 atom stereocenters. The first-order valence-electron chi connectivity index (χ1n) is 8.92. The fourth-order valence-electron chi connectivity index (χ4n) is 4.23. The van der Waals surface area contributed by atoms with Crippen LogP contribution in [-0.4, -0.2) is 23.3 Å². The first-order valence-corrected chi connectivity index (χ1v) is 9.68. The topological polar surface area (TPSA) is 37.4 Å². The van der Waals surface area contributed by atoms with Crippen LogP contribution < -0.4 is 0 Å². The molecule has 3 aromatic carbocycles. The Morgan fingerprint density at radius 1 is 0.815 bits per heavy atom. The molecule has 0 bridgehead atoms. The number of imide groups is 1. The van der Waals surface area contributed by atoms with E-state index in [-0.39, 0.29) is 18.4 Å². The molecule has 0 aromatic heterocycles. The molecule has 0 unspecified atom stereocenters. The van der Waals surface area contributed by atoms with Gasteiger partial charge in [-0.15, -0.1) is 0 Å². The third kappa shape index (κ3) is 2.49. The molecule has 3 nitrogen and oxygen atoms in total. The molecule has 0 fully saturated rings. The van der Waals surface area contributed by atoms with Crippen molar-refractivity contribution in [2.75, 3.05) is 6.54 Å². The van der Waals surface area contributed by atoms with Gasteiger partial charge in [0.2, 0.25) is 0 Å². The lowest BCUT2D eigenvalue weighted by Gasteiger charge is -2.27. The number of carbonyl (C=O) groups is 2. The van der Waals surface area contributed by atoms with E-state index >= 15 is 0 Å². The smallest absolute Gasteiger partial charge is 0.261 e. The second-order valence-electron chi connectivity index (χ2n) is 7.04. The molecule has 5 rings (SSSR count). The van der Waals surface area contributed by atoms with Gasteiger partial charge in [-0.25, -0.2) is 0 Å². The highest BCUT2D eigenvalue weighted by atomic mass is 35.5. The van der Waals surface area contributed by atoms with E-state index in [2.05, 4.69) is 0 Å². The summed E-state index contributed by atoms with van der Waals surface area (Å²) in [4.78, 5) is 27.5. The van der Waals surface area contributed by atoms with Crippen molar-refractivity contribution >= 4 is 45.8 Å². The molecule has 134 valence electrons. The zero-order valence-electron chi connectivity index (χ0n) is 14.4. The maximum atomic E-state index is 13.1. The van der Waals surface area contributed by atoms with E-state index in [1.807, 2.05) is 30.3 Å². The summed E-state index contributed by atoms with van der Waals surface area (Å²) < 4.78 is 0. The molecule has 1 heterocycles. The minimum absolute atomic E-state index is 0.229. The molecule has 0 spiro atoms. The molecule has 0 N–H and O–H groups in total. The van der Waals surface area contributed by atoms with Crippen molar-refractivity contribution in [1.29, 1.82) is 0 Å². The molecule has 5 heteroatoms. The van der Waals surface area contributed by atoms with Crippen LogP contribution in [0.15, 0.2) is 42.5 Å². The van der Waals surface area contributed by atoms with Crippen molar-refractivity contribution in [3.8, 4) is 0 Å². The van der Waals surface area contributed by atoms with Gasteiger partial charge < -0.3 is 0 Å². The normalized spacial score (nSPS) is 15.1. The Labute approximate surface area is 166 Å². The Hall–Kier alpha value is -2.36. The lowest BCUT2D eigenvalue weighted by Crippen LogP contribution is -2.41. The Morgan fingerprint density at radius 3 is 2.04 bits per heavy atom. The summed E-state index contributed by atoms with van der Waals surface area (Å²) in [6.07, 6.45) is 2.43. The molecule has 1 aliphatic heterocycles. The van der Waals surface area contributed by atoms with E-state index in [1.165, 1.54) is 16.0 Å². The number of benzene rings is 3. The molecule has 0 saturated carbocycles. The number of amides is 2. The predicted octanol–water partition coefficient (Wildman–Crippen LogP) is 5.08. The maximum absolute atomic E-state index is 13.1.